The average molecular weight is 168 g/mol. The van der Waals surface area contributed by atoms with Crippen LogP contribution in [-0.4, -0.2) is 11.2 Å². The second-order valence-electron chi connectivity index (χ2n) is 4.08. The van der Waals surface area contributed by atoms with Crippen LogP contribution in [0.1, 0.15) is 46.5 Å². The molecule has 0 aliphatic heterocycles. The third-order valence-corrected chi connectivity index (χ3v) is 3.05. The summed E-state index contributed by atoms with van der Waals surface area (Å²) in [4.78, 5) is 0. The summed E-state index contributed by atoms with van der Waals surface area (Å²) >= 11 is 0. The van der Waals surface area contributed by atoms with Gasteiger partial charge in [0.25, 0.3) is 0 Å². The lowest BCUT2D eigenvalue weighted by atomic mass is 9.81. The first-order valence-electron chi connectivity index (χ1n) is 4.98. The van der Waals surface area contributed by atoms with E-state index in [2.05, 4.69) is 20.8 Å². The zero-order valence-corrected chi connectivity index (χ0v) is 8.43. The molecule has 0 aromatic rings. The second-order valence-corrected chi connectivity index (χ2v) is 4.08. The zero-order chi connectivity index (χ0) is 9.14. The van der Waals surface area contributed by atoms with Gasteiger partial charge in [0.2, 0.25) is 0 Å². The molecule has 1 saturated carbocycles. The minimum atomic E-state index is -0.0753. The van der Waals surface area contributed by atoms with E-state index in [1.165, 1.54) is 24.0 Å². The smallest absolute Gasteiger partial charge is 0.0605 e. The molecule has 70 valence electrons. The molecule has 1 rings (SSSR count). The first-order chi connectivity index (χ1) is 5.65. The molecule has 1 N–H and O–H groups in total. The minimum Gasteiger partial charge on any atom is -0.393 e. The average Bonchev–Trinajstić information content (AvgIpc) is 2.04. The van der Waals surface area contributed by atoms with E-state index in [4.69, 9.17) is 0 Å². The Kier molecular flexibility index (Phi) is 3.33. The van der Waals surface area contributed by atoms with Gasteiger partial charge in [-0.3, -0.25) is 0 Å². The number of hydrogen-bond donors (Lipinski definition) is 1. The molecule has 2 unspecified atom stereocenters. The lowest BCUT2D eigenvalue weighted by molar-refractivity contribution is 0.0856. The molecule has 0 aromatic heterocycles. The second kappa shape index (κ2) is 4.08. The van der Waals surface area contributed by atoms with Crippen LogP contribution in [-0.2, 0) is 0 Å². The van der Waals surface area contributed by atoms with Crippen molar-refractivity contribution in [3.8, 4) is 0 Å². The molecular weight excluding hydrogens is 148 g/mol. The molecule has 2 atom stereocenters. The largest absolute Gasteiger partial charge is 0.393 e. The Morgan fingerprint density at radius 2 is 2.17 bits per heavy atom. The number of allylic oxidation sites excluding steroid dienone is 1. The highest BCUT2D eigenvalue weighted by Gasteiger charge is 2.24. The quantitative estimate of drug-likeness (QED) is 0.597. The zero-order valence-electron chi connectivity index (χ0n) is 8.43. The molecule has 1 aliphatic carbocycles. The molecule has 0 heterocycles. The van der Waals surface area contributed by atoms with Crippen LogP contribution >= 0.6 is 0 Å². The maximum absolute atomic E-state index is 9.75. The van der Waals surface area contributed by atoms with E-state index in [0.29, 0.717) is 5.92 Å². The van der Waals surface area contributed by atoms with Crippen LogP contribution in [0.5, 0.6) is 0 Å². The van der Waals surface area contributed by atoms with E-state index < -0.39 is 0 Å². The summed E-state index contributed by atoms with van der Waals surface area (Å²) in [6.07, 6.45) is 4.35. The number of aliphatic hydroxyl groups is 1. The van der Waals surface area contributed by atoms with Gasteiger partial charge < -0.3 is 5.11 Å². The van der Waals surface area contributed by atoms with Crippen LogP contribution in [0, 0.1) is 5.92 Å². The lowest BCUT2D eigenvalue weighted by Gasteiger charge is -2.29. The van der Waals surface area contributed by atoms with Gasteiger partial charge in [-0.2, -0.15) is 0 Å². The highest BCUT2D eigenvalue weighted by molar-refractivity contribution is 5.13. The van der Waals surface area contributed by atoms with Crippen molar-refractivity contribution in [1.29, 1.82) is 0 Å². The third kappa shape index (κ3) is 2.10. The van der Waals surface area contributed by atoms with Crippen molar-refractivity contribution in [2.24, 2.45) is 5.92 Å². The molecule has 0 spiro atoms. The normalized spacial score (nSPS) is 30.5. The lowest BCUT2D eigenvalue weighted by Crippen LogP contribution is -2.25. The van der Waals surface area contributed by atoms with Gasteiger partial charge in [-0.25, -0.2) is 0 Å². The summed E-state index contributed by atoms with van der Waals surface area (Å²) in [6.45, 7) is 6.46. The molecule has 1 aliphatic rings. The van der Waals surface area contributed by atoms with Crippen molar-refractivity contribution >= 4 is 0 Å². The molecule has 1 nitrogen and oxygen atoms in total. The van der Waals surface area contributed by atoms with Crippen molar-refractivity contribution in [3.63, 3.8) is 0 Å². The van der Waals surface area contributed by atoms with Crippen molar-refractivity contribution in [1.82, 2.24) is 0 Å². The predicted molar refractivity (Wildman–Crippen MR) is 52.0 cm³/mol. The number of aliphatic hydroxyl groups excluding tert-OH is 1. The Bertz CT molecular complexity index is 177. The van der Waals surface area contributed by atoms with Crippen LogP contribution in [0.15, 0.2) is 11.1 Å². The van der Waals surface area contributed by atoms with Crippen molar-refractivity contribution in [2.75, 3.05) is 0 Å². The third-order valence-electron chi connectivity index (χ3n) is 3.05. The van der Waals surface area contributed by atoms with Gasteiger partial charge in [-0.1, -0.05) is 24.5 Å². The maximum Gasteiger partial charge on any atom is 0.0605 e. The topological polar surface area (TPSA) is 20.2 Å². The summed E-state index contributed by atoms with van der Waals surface area (Å²) in [5.74, 6) is 0.549. The van der Waals surface area contributed by atoms with Gasteiger partial charge in [0.15, 0.2) is 0 Å². The molecular formula is C11H20O. The monoisotopic (exact) mass is 168 g/mol. The Balaban J connectivity index is 2.58. The predicted octanol–water partition coefficient (Wildman–Crippen LogP) is 2.89. The molecule has 0 aromatic carbocycles. The summed E-state index contributed by atoms with van der Waals surface area (Å²) in [5.41, 5.74) is 2.89. The van der Waals surface area contributed by atoms with Crippen molar-refractivity contribution < 1.29 is 5.11 Å². The fraction of sp³-hybridized carbons (Fsp3) is 0.818. The van der Waals surface area contributed by atoms with Crippen LogP contribution in [0.3, 0.4) is 0 Å². The first kappa shape index (κ1) is 9.79. The fourth-order valence-corrected chi connectivity index (χ4v) is 2.00. The van der Waals surface area contributed by atoms with E-state index in [-0.39, 0.29) is 6.10 Å². The van der Waals surface area contributed by atoms with Gasteiger partial charge in [0, 0.05) is 0 Å². The van der Waals surface area contributed by atoms with Gasteiger partial charge in [-0.15, -0.1) is 0 Å². The van der Waals surface area contributed by atoms with Crippen molar-refractivity contribution in [2.45, 2.75) is 52.6 Å². The van der Waals surface area contributed by atoms with E-state index in [1.807, 2.05) is 0 Å². The summed E-state index contributed by atoms with van der Waals surface area (Å²) in [5, 5.41) is 9.75. The minimum absolute atomic E-state index is 0.0753. The Labute approximate surface area is 75.5 Å². The van der Waals surface area contributed by atoms with Crippen LogP contribution in [0.25, 0.3) is 0 Å². The molecule has 1 fully saturated rings. The fourth-order valence-electron chi connectivity index (χ4n) is 2.00. The van der Waals surface area contributed by atoms with Gasteiger partial charge in [0.1, 0.15) is 0 Å². The van der Waals surface area contributed by atoms with Crippen LogP contribution < -0.4 is 0 Å². The molecule has 1 heteroatoms. The van der Waals surface area contributed by atoms with Crippen molar-refractivity contribution in [3.05, 3.63) is 11.1 Å². The molecule has 0 radical (unpaired) electrons. The highest BCUT2D eigenvalue weighted by Crippen LogP contribution is 2.31. The molecule has 0 bridgehead atoms. The number of hydrogen-bond acceptors (Lipinski definition) is 1. The molecule has 0 saturated heterocycles. The molecule has 0 amide bonds. The summed E-state index contributed by atoms with van der Waals surface area (Å²) < 4.78 is 0. The van der Waals surface area contributed by atoms with Gasteiger partial charge in [0.05, 0.1) is 6.10 Å². The van der Waals surface area contributed by atoms with E-state index in [9.17, 15) is 5.11 Å². The van der Waals surface area contributed by atoms with Crippen LogP contribution in [0.2, 0.25) is 0 Å². The van der Waals surface area contributed by atoms with Gasteiger partial charge >= 0.3 is 0 Å². The van der Waals surface area contributed by atoms with E-state index in [1.54, 1.807) is 0 Å². The van der Waals surface area contributed by atoms with Crippen LogP contribution in [0.4, 0.5) is 0 Å². The highest BCUT2D eigenvalue weighted by atomic mass is 16.3. The molecule has 12 heavy (non-hydrogen) atoms. The number of rotatable bonds is 1. The van der Waals surface area contributed by atoms with Gasteiger partial charge in [-0.05, 0) is 39.0 Å². The Hall–Kier alpha value is -0.300. The van der Waals surface area contributed by atoms with E-state index in [0.717, 1.165) is 12.8 Å². The summed E-state index contributed by atoms with van der Waals surface area (Å²) in [7, 11) is 0. The maximum atomic E-state index is 9.75. The standard InChI is InChI=1S/C11H20O/c1-4-9-5-6-10(8(2)3)7-11(9)12/h9,11-12H,4-7H2,1-3H3. The first-order valence-corrected chi connectivity index (χ1v) is 4.98. The summed E-state index contributed by atoms with van der Waals surface area (Å²) in [6, 6.07) is 0. The van der Waals surface area contributed by atoms with E-state index >= 15 is 0 Å². The Morgan fingerprint density at radius 1 is 1.50 bits per heavy atom. The Morgan fingerprint density at radius 3 is 2.58 bits per heavy atom. The SMILES string of the molecule is CCC1CCC(=C(C)C)CC1O.